The molecule has 0 heterocycles. The average Bonchev–Trinajstić information content (AvgIpc) is 2.92. The molecule has 43 heavy (non-hydrogen) atoms. The van der Waals surface area contributed by atoms with E-state index < -0.39 is 16.7 Å². The Morgan fingerprint density at radius 3 is 2.28 bits per heavy atom. The first kappa shape index (κ1) is 32.7. The Morgan fingerprint density at radius 2 is 1.63 bits per heavy atom. The molecule has 0 bridgehead atoms. The average molecular weight is 598 g/mol. The number of carbonyl (C=O) groups is 3. The highest BCUT2D eigenvalue weighted by atomic mass is 16.5. The van der Waals surface area contributed by atoms with E-state index in [-0.39, 0.29) is 57.3 Å². The highest BCUT2D eigenvalue weighted by molar-refractivity contribution is 6.04. The molecule has 242 valence electrons. The second-order valence-corrected chi connectivity index (χ2v) is 17.4. The molecule has 6 heteroatoms. The number of Topliss-reactive ketones (excluding diaryl/α,β-unsaturated/α-hetero) is 1. The van der Waals surface area contributed by atoms with Crippen molar-refractivity contribution in [3.05, 3.63) is 11.6 Å². The maximum atomic E-state index is 14.0. The van der Waals surface area contributed by atoms with E-state index in [1.54, 1.807) is 7.11 Å². The molecule has 0 spiro atoms. The molecule has 1 N–H and O–H groups in total. The lowest BCUT2D eigenvalue weighted by Crippen LogP contribution is -2.66. The van der Waals surface area contributed by atoms with Gasteiger partial charge in [0.2, 0.25) is 5.91 Å². The molecule has 8 atom stereocenters. The van der Waals surface area contributed by atoms with E-state index in [9.17, 15) is 14.4 Å². The maximum Gasteiger partial charge on any atom is 0.312 e. The van der Waals surface area contributed by atoms with Crippen molar-refractivity contribution in [1.29, 1.82) is 0 Å². The van der Waals surface area contributed by atoms with E-state index in [1.165, 1.54) is 5.57 Å². The number of hydrogen-bond acceptors (Lipinski definition) is 5. The fourth-order valence-electron chi connectivity index (χ4n) is 11.6. The van der Waals surface area contributed by atoms with Crippen LogP contribution in [0.1, 0.15) is 120 Å². The van der Waals surface area contributed by atoms with Crippen molar-refractivity contribution in [3.63, 3.8) is 0 Å². The number of methoxy groups -OCH3 is 1. The van der Waals surface area contributed by atoms with Crippen LogP contribution in [0.25, 0.3) is 0 Å². The van der Waals surface area contributed by atoms with E-state index in [1.807, 2.05) is 13.8 Å². The third-order valence-electron chi connectivity index (χ3n) is 14.1. The van der Waals surface area contributed by atoms with Crippen molar-refractivity contribution in [1.82, 2.24) is 5.32 Å². The second-order valence-electron chi connectivity index (χ2n) is 17.4. The fraction of sp³-hybridized carbons (Fsp3) is 0.865. The SMILES string of the molecule is COC(=O)[C@]12CCC(C)(C)CC1C1=CCC3[C@@]4(C)CC(C(=O)NCCOC(C)C)C(=O)C(C)(C)C4CC[C@@]3(C)[C@]1(C)CC2. The molecule has 4 fully saturated rings. The third kappa shape index (κ3) is 4.77. The molecule has 5 aliphatic rings. The second kappa shape index (κ2) is 10.7. The lowest BCUT2D eigenvalue weighted by molar-refractivity contribution is -0.196. The van der Waals surface area contributed by atoms with Gasteiger partial charge in [-0.25, -0.2) is 0 Å². The van der Waals surface area contributed by atoms with Gasteiger partial charge in [0, 0.05) is 12.0 Å². The van der Waals surface area contributed by atoms with E-state index in [0.717, 1.165) is 51.4 Å². The van der Waals surface area contributed by atoms with Gasteiger partial charge in [-0.3, -0.25) is 14.4 Å². The van der Waals surface area contributed by atoms with Crippen LogP contribution in [-0.2, 0) is 23.9 Å². The number of carbonyl (C=O) groups excluding carboxylic acids is 3. The van der Waals surface area contributed by atoms with Gasteiger partial charge < -0.3 is 14.8 Å². The number of hydrogen-bond donors (Lipinski definition) is 1. The zero-order valence-corrected chi connectivity index (χ0v) is 28.8. The monoisotopic (exact) mass is 597 g/mol. The molecule has 5 aliphatic carbocycles. The fourth-order valence-corrected chi connectivity index (χ4v) is 11.6. The summed E-state index contributed by atoms with van der Waals surface area (Å²) in [5.74, 6) is 0.129. The number of esters is 1. The lowest BCUT2D eigenvalue weighted by Gasteiger charge is -2.71. The van der Waals surface area contributed by atoms with Gasteiger partial charge >= 0.3 is 5.97 Å². The van der Waals surface area contributed by atoms with Gasteiger partial charge in [0.1, 0.15) is 0 Å². The molecule has 0 aromatic rings. The lowest BCUT2D eigenvalue weighted by atomic mass is 9.33. The molecule has 4 unspecified atom stereocenters. The van der Waals surface area contributed by atoms with Crippen LogP contribution in [0.5, 0.6) is 0 Å². The highest BCUT2D eigenvalue weighted by Crippen LogP contribution is 2.75. The molecule has 1 amide bonds. The van der Waals surface area contributed by atoms with Gasteiger partial charge in [-0.2, -0.15) is 0 Å². The van der Waals surface area contributed by atoms with Gasteiger partial charge in [0.05, 0.1) is 31.2 Å². The van der Waals surface area contributed by atoms with Crippen LogP contribution >= 0.6 is 0 Å². The molecule has 5 rings (SSSR count). The molecule has 0 aromatic heterocycles. The van der Waals surface area contributed by atoms with E-state index >= 15 is 0 Å². The van der Waals surface area contributed by atoms with Gasteiger partial charge in [0.15, 0.2) is 5.78 Å². The zero-order valence-electron chi connectivity index (χ0n) is 28.8. The minimum atomic E-state index is -0.631. The first-order chi connectivity index (χ1) is 19.9. The zero-order chi connectivity index (χ0) is 31.8. The molecular weight excluding hydrogens is 538 g/mol. The predicted octanol–water partition coefficient (Wildman–Crippen LogP) is 7.30. The Bertz CT molecular complexity index is 1190. The number of ether oxygens (including phenoxy) is 2. The minimum Gasteiger partial charge on any atom is -0.469 e. The van der Waals surface area contributed by atoms with E-state index in [0.29, 0.717) is 25.5 Å². The maximum absolute atomic E-state index is 14.0. The Labute approximate surface area is 260 Å². The molecule has 6 nitrogen and oxygen atoms in total. The Morgan fingerprint density at radius 1 is 0.953 bits per heavy atom. The molecule has 0 aliphatic heterocycles. The topological polar surface area (TPSA) is 81.7 Å². The number of amides is 1. The largest absolute Gasteiger partial charge is 0.469 e. The standard InChI is InChI=1S/C37H59NO5/c1-23(2)43-20-19-38-30(40)24-21-34(7)27(33(5,6)29(24)39)13-14-36(9)28(34)12-11-25-26-22-32(3,4)15-17-37(26,31(41)42-10)18-16-35(25,36)8/h11,23-24,26-28H,12-22H2,1-10H3,(H,38,40)/t24?,26?,27?,28?,34-,35+,36+,37-/m0/s1. The van der Waals surface area contributed by atoms with Crippen molar-refractivity contribution in [2.24, 2.45) is 56.2 Å². The Hall–Kier alpha value is -1.69. The molecule has 0 saturated heterocycles. The first-order valence-corrected chi connectivity index (χ1v) is 17.1. The third-order valence-corrected chi connectivity index (χ3v) is 14.1. The summed E-state index contributed by atoms with van der Waals surface area (Å²) in [5.41, 5.74) is 0.568. The minimum absolute atomic E-state index is 0.0147. The first-order valence-electron chi connectivity index (χ1n) is 17.1. The van der Waals surface area contributed by atoms with Crippen LogP contribution < -0.4 is 5.32 Å². The van der Waals surface area contributed by atoms with Crippen molar-refractivity contribution in [2.45, 2.75) is 126 Å². The normalized spacial score (nSPS) is 43.0. The number of rotatable bonds is 6. The van der Waals surface area contributed by atoms with Crippen LogP contribution in [0.15, 0.2) is 11.6 Å². The molecule has 0 aromatic carbocycles. The summed E-state index contributed by atoms with van der Waals surface area (Å²) < 4.78 is 11.2. The van der Waals surface area contributed by atoms with Crippen molar-refractivity contribution in [2.75, 3.05) is 20.3 Å². The van der Waals surface area contributed by atoms with Gasteiger partial charge in [-0.15, -0.1) is 0 Å². The summed E-state index contributed by atoms with van der Waals surface area (Å²) >= 11 is 0. The Balaban J connectivity index is 1.51. The van der Waals surface area contributed by atoms with Crippen LogP contribution in [0.3, 0.4) is 0 Å². The van der Waals surface area contributed by atoms with E-state index in [4.69, 9.17) is 9.47 Å². The van der Waals surface area contributed by atoms with Gasteiger partial charge in [-0.05, 0) is 111 Å². The highest BCUT2D eigenvalue weighted by Gasteiger charge is 2.70. The molecule has 0 radical (unpaired) electrons. The van der Waals surface area contributed by atoms with Crippen LogP contribution in [0.4, 0.5) is 0 Å². The summed E-state index contributed by atoms with van der Waals surface area (Å²) in [5, 5.41) is 3.04. The van der Waals surface area contributed by atoms with Crippen molar-refractivity contribution in [3.8, 4) is 0 Å². The summed E-state index contributed by atoms with van der Waals surface area (Å²) in [6.45, 7) is 21.2. The summed E-state index contributed by atoms with van der Waals surface area (Å²) in [6, 6.07) is 0. The molecular formula is C37H59NO5. The van der Waals surface area contributed by atoms with Crippen molar-refractivity contribution < 1.29 is 23.9 Å². The number of allylic oxidation sites excluding steroid dienone is 2. The van der Waals surface area contributed by atoms with Crippen LogP contribution in [0.2, 0.25) is 0 Å². The summed E-state index contributed by atoms with van der Waals surface area (Å²) in [6.07, 6.45) is 11.1. The number of nitrogens with one attached hydrogen (secondary N) is 1. The quantitative estimate of drug-likeness (QED) is 0.150. The van der Waals surface area contributed by atoms with Gasteiger partial charge in [0.25, 0.3) is 0 Å². The Kier molecular flexibility index (Phi) is 8.13. The van der Waals surface area contributed by atoms with Crippen LogP contribution in [0, 0.1) is 56.2 Å². The van der Waals surface area contributed by atoms with E-state index in [2.05, 4.69) is 59.9 Å². The predicted molar refractivity (Wildman–Crippen MR) is 169 cm³/mol. The summed E-state index contributed by atoms with van der Waals surface area (Å²) in [4.78, 5) is 41.1. The number of fused-ring (bicyclic) bond motifs is 7. The molecule has 4 saturated carbocycles. The van der Waals surface area contributed by atoms with Crippen molar-refractivity contribution >= 4 is 17.7 Å². The summed E-state index contributed by atoms with van der Waals surface area (Å²) in [7, 11) is 1.56. The number of ketones is 1. The van der Waals surface area contributed by atoms with Crippen LogP contribution in [-0.4, -0.2) is 44.0 Å². The smallest absolute Gasteiger partial charge is 0.312 e. The van der Waals surface area contributed by atoms with Gasteiger partial charge in [-0.1, -0.05) is 60.1 Å².